The molecule has 1 aromatic heterocycles. The summed E-state index contributed by atoms with van der Waals surface area (Å²) in [5, 5.41) is 4.64. The fraction of sp³-hybridized carbons (Fsp3) is 0.800. The van der Waals surface area contributed by atoms with E-state index in [2.05, 4.69) is 52.7 Å². The van der Waals surface area contributed by atoms with Crippen LogP contribution in [0.2, 0.25) is 0 Å². The fourth-order valence-electron chi connectivity index (χ4n) is 1.93. The number of nitrogens with zero attached hydrogens (tertiary/aromatic N) is 2. The van der Waals surface area contributed by atoms with E-state index in [1.165, 1.54) is 0 Å². The second-order valence-corrected chi connectivity index (χ2v) is 9.85. The van der Waals surface area contributed by atoms with E-state index in [0.717, 1.165) is 11.4 Å². The quantitative estimate of drug-likeness (QED) is 0.859. The highest BCUT2D eigenvalue weighted by atomic mass is 32.2. The van der Waals surface area contributed by atoms with Crippen molar-refractivity contribution in [2.45, 2.75) is 65.8 Å². The first-order valence-corrected chi connectivity index (χ1v) is 8.98. The highest BCUT2D eigenvalue weighted by Crippen LogP contribution is 2.28. The van der Waals surface area contributed by atoms with Gasteiger partial charge in [-0.25, -0.2) is 8.42 Å². The molecule has 116 valence electrons. The number of aromatic nitrogens is 2. The predicted molar refractivity (Wildman–Crippen MR) is 84.0 cm³/mol. The molecular weight excluding hydrogens is 272 g/mol. The maximum atomic E-state index is 11.7. The molecule has 0 spiro atoms. The molecule has 0 radical (unpaired) electrons. The van der Waals surface area contributed by atoms with Gasteiger partial charge in [-0.2, -0.15) is 5.10 Å². The first-order chi connectivity index (χ1) is 8.87. The smallest absolute Gasteiger partial charge is 0.151 e. The molecule has 4 nitrogen and oxygen atoms in total. The van der Waals surface area contributed by atoms with Gasteiger partial charge in [-0.3, -0.25) is 4.68 Å². The molecule has 0 unspecified atom stereocenters. The van der Waals surface area contributed by atoms with Gasteiger partial charge in [0.2, 0.25) is 0 Å². The minimum Gasteiger partial charge on any atom is -0.268 e. The molecule has 1 aromatic rings. The lowest BCUT2D eigenvalue weighted by atomic mass is 9.88. The largest absolute Gasteiger partial charge is 0.268 e. The summed E-state index contributed by atoms with van der Waals surface area (Å²) in [5.74, 6) is 0.336. The second-order valence-electron chi connectivity index (χ2n) is 7.37. The first-order valence-electron chi connectivity index (χ1n) is 7.16. The van der Waals surface area contributed by atoms with E-state index in [1.54, 1.807) is 6.92 Å². The molecule has 0 amide bonds. The summed E-state index contributed by atoms with van der Waals surface area (Å²) < 4.78 is 25.3. The third kappa shape index (κ3) is 4.33. The van der Waals surface area contributed by atoms with Gasteiger partial charge in [-0.1, -0.05) is 48.5 Å². The van der Waals surface area contributed by atoms with Crippen LogP contribution in [0.5, 0.6) is 0 Å². The van der Waals surface area contributed by atoms with Crippen LogP contribution in [0.1, 0.15) is 59.9 Å². The molecule has 1 heterocycles. The Morgan fingerprint density at radius 2 is 1.65 bits per heavy atom. The van der Waals surface area contributed by atoms with E-state index in [4.69, 9.17) is 0 Å². The van der Waals surface area contributed by atoms with Crippen LogP contribution in [0.25, 0.3) is 0 Å². The highest BCUT2D eigenvalue weighted by molar-refractivity contribution is 7.91. The molecule has 5 heteroatoms. The van der Waals surface area contributed by atoms with Crippen molar-refractivity contribution in [1.29, 1.82) is 0 Å². The van der Waals surface area contributed by atoms with Gasteiger partial charge in [0.1, 0.15) is 0 Å². The van der Waals surface area contributed by atoms with E-state index in [9.17, 15) is 8.42 Å². The van der Waals surface area contributed by atoms with Crippen molar-refractivity contribution >= 4 is 9.84 Å². The SMILES string of the molecule is CCS(=O)(=O)CCn1nc(C(C)(C)C)cc1C(C)(C)C. The Morgan fingerprint density at radius 3 is 2.05 bits per heavy atom. The third-order valence-corrected chi connectivity index (χ3v) is 5.05. The van der Waals surface area contributed by atoms with Gasteiger partial charge in [-0.15, -0.1) is 0 Å². The molecule has 0 bridgehead atoms. The molecule has 0 saturated heterocycles. The lowest BCUT2D eigenvalue weighted by Crippen LogP contribution is -2.22. The van der Waals surface area contributed by atoms with Gasteiger partial charge in [-0.05, 0) is 6.07 Å². The Bertz CT molecular complexity index is 558. The zero-order valence-electron chi connectivity index (χ0n) is 13.8. The monoisotopic (exact) mass is 300 g/mol. The minimum atomic E-state index is -2.97. The van der Waals surface area contributed by atoms with Crippen LogP contribution in [-0.4, -0.2) is 29.7 Å². The first kappa shape index (κ1) is 17.2. The van der Waals surface area contributed by atoms with Crippen LogP contribution >= 0.6 is 0 Å². The standard InChI is InChI=1S/C15H28N2O2S/c1-8-20(18,19)10-9-17-13(15(5,6)7)11-12(16-17)14(2,3)4/h11H,8-10H2,1-7H3. The average Bonchev–Trinajstić information content (AvgIpc) is 2.70. The van der Waals surface area contributed by atoms with Crippen LogP contribution in [0.15, 0.2) is 6.07 Å². The maximum Gasteiger partial charge on any atom is 0.151 e. The molecule has 0 aliphatic rings. The number of rotatable bonds is 4. The summed E-state index contributed by atoms with van der Waals surface area (Å²) >= 11 is 0. The van der Waals surface area contributed by atoms with Crippen LogP contribution < -0.4 is 0 Å². The summed E-state index contributed by atoms with van der Waals surface area (Å²) in [6, 6.07) is 2.11. The van der Waals surface area contributed by atoms with Crippen molar-refractivity contribution in [2.24, 2.45) is 0 Å². The van der Waals surface area contributed by atoms with Crippen molar-refractivity contribution in [3.8, 4) is 0 Å². The van der Waals surface area contributed by atoms with Crippen LogP contribution in [0.4, 0.5) is 0 Å². The van der Waals surface area contributed by atoms with Crippen molar-refractivity contribution in [1.82, 2.24) is 9.78 Å². The zero-order valence-corrected chi connectivity index (χ0v) is 14.6. The molecule has 1 rings (SSSR count). The Balaban J connectivity index is 3.14. The number of hydrogen-bond donors (Lipinski definition) is 0. The summed E-state index contributed by atoms with van der Waals surface area (Å²) in [4.78, 5) is 0. The minimum absolute atomic E-state index is 0.0329. The van der Waals surface area contributed by atoms with Crippen molar-refractivity contribution in [3.63, 3.8) is 0 Å². The van der Waals surface area contributed by atoms with E-state index >= 15 is 0 Å². The van der Waals surface area contributed by atoms with Crippen molar-refractivity contribution in [2.75, 3.05) is 11.5 Å². The predicted octanol–water partition coefficient (Wildman–Crippen LogP) is 2.91. The molecule has 0 fully saturated rings. The van der Waals surface area contributed by atoms with Crippen LogP contribution in [0, 0.1) is 0 Å². The summed E-state index contributed by atoms with van der Waals surface area (Å²) in [6.45, 7) is 14.9. The van der Waals surface area contributed by atoms with Crippen LogP contribution in [-0.2, 0) is 27.2 Å². The summed E-state index contributed by atoms with van der Waals surface area (Å²) in [6.07, 6.45) is 0. The Labute approximate surface area is 123 Å². The summed E-state index contributed by atoms with van der Waals surface area (Å²) in [7, 11) is -2.97. The second kappa shape index (κ2) is 5.51. The molecule has 0 aromatic carbocycles. The van der Waals surface area contributed by atoms with Crippen LogP contribution in [0.3, 0.4) is 0 Å². The van der Waals surface area contributed by atoms with E-state index in [-0.39, 0.29) is 22.3 Å². The lowest BCUT2D eigenvalue weighted by Gasteiger charge is -2.20. The average molecular weight is 300 g/mol. The Morgan fingerprint density at radius 1 is 1.10 bits per heavy atom. The molecule has 20 heavy (non-hydrogen) atoms. The van der Waals surface area contributed by atoms with E-state index < -0.39 is 9.84 Å². The molecule has 0 N–H and O–H groups in total. The zero-order chi connectivity index (χ0) is 15.8. The number of sulfone groups is 1. The van der Waals surface area contributed by atoms with Crippen molar-refractivity contribution < 1.29 is 8.42 Å². The number of hydrogen-bond acceptors (Lipinski definition) is 3. The highest BCUT2D eigenvalue weighted by Gasteiger charge is 2.26. The van der Waals surface area contributed by atoms with Gasteiger partial charge in [0.15, 0.2) is 9.84 Å². The third-order valence-electron chi connectivity index (χ3n) is 3.37. The van der Waals surface area contributed by atoms with E-state index in [0.29, 0.717) is 6.54 Å². The Hall–Kier alpha value is -0.840. The van der Waals surface area contributed by atoms with Gasteiger partial charge < -0.3 is 0 Å². The maximum absolute atomic E-state index is 11.7. The van der Waals surface area contributed by atoms with E-state index in [1.807, 2.05) is 4.68 Å². The van der Waals surface area contributed by atoms with Gasteiger partial charge >= 0.3 is 0 Å². The molecule has 0 aliphatic carbocycles. The van der Waals surface area contributed by atoms with Crippen molar-refractivity contribution in [3.05, 3.63) is 17.5 Å². The topological polar surface area (TPSA) is 52.0 Å². The van der Waals surface area contributed by atoms with Gasteiger partial charge in [0.05, 0.1) is 18.0 Å². The lowest BCUT2D eigenvalue weighted by molar-refractivity contribution is 0.486. The van der Waals surface area contributed by atoms with Gasteiger partial charge in [0.25, 0.3) is 0 Å². The Kier molecular flexibility index (Phi) is 4.74. The van der Waals surface area contributed by atoms with Gasteiger partial charge in [0, 0.05) is 22.3 Å². The fourth-order valence-corrected chi connectivity index (χ4v) is 2.67. The normalized spacial score (nSPS) is 13.8. The number of aryl methyl sites for hydroxylation is 1. The molecule has 0 aliphatic heterocycles. The summed E-state index contributed by atoms with van der Waals surface area (Å²) in [5.41, 5.74) is 2.02. The molecule has 0 saturated carbocycles. The molecule has 0 atom stereocenters. The molecular formula is C15H28N2O2S.